The van der Waals surface area contributed by atoms with Crippen LogP contribution in [0.5, 0.6) is 0 Å². The van der Waals surface area contributed by atoms with Crippen LogP contribution in [-0.4, -0.2) is 54.9 Å². The number of aromatic nitrogens is 1. The molecule has 2 aromatic rings. The highest BCUT2D eigenvalue weighted by atomic mass is 35.5. The van der Waals surface area contributed by atoms with E-state index in [1.807, 2.05) is 19.9 Å². The van der Waals surface area contributed by atoms with E-state index in [2.05, 4.69) is 36.1 Å². The summed E-state index contributed by atoms with van der Waals surface area (Å²) in [4.78, 5) is 36.3. The number of fused-ring (bicyclic) bond motifs is 1. The van der Waals surface area contributed by atoms with Crippen molar-refractivity contribution in [2.45, 2.75) is 71.5 Å². The van der Waals surface area contributed by atoms with Crippen LogP contribution < -0.4 is 20.5 Å². The molecule has 35 heavy (non-hydrogen) atoms. The van der Waals surface area contributed by atoms with Crippen LogP contribution >= 0.6 is 11.6 Å². The Morgan fingerprint density at radius 2 is 1.83 bits per heavy atom. The van der Waals surface area contributed by atoms with Gasteiger partial charge in [-0.3, -0.25) is 9.59 Å². The quantitative estimate of drug-likeness (QED) is 0.627. The number of hydrogen-bond acceptors (Lipinski definition) is 5. The maximum Gasteiger partial charge on any atom is 0.251 e. The molecule has 2 heterocycles. The van der Waals surface area contributed by atoms with Crippen molar-refractivity contribution in [1.82, 2.24) is 14.9 Å². The van der Waals surface area contributed by atoms with Crippen molar-refractivity contribution in [2.24, 2.45) is 0 Å². The Hall–Kier alpha value is -2.51. The van der Waals surface area contributed by atoms with Gasteiger partial charge in [-0.15, -0.1) is 0 Å². The van der Waals surface area contributed by atoms with Gasteiger partial charge >= 0.3 is 0 Å². The molecule has 0 atom stereocenters. The third kappa shape index (κ3) is 5.21. The summed E-state index contributed by atoms with van der Waals surface area (Å²) >= 11 is 6.52. The molecule has 0 spiro atoms. The summed E-state index contributed by atoms with van der Waals surface area (Å²) in [5.74, 6) is -0.233. The van der Waals surface area contributed by atoms with Gasteiger partial charge in [0.25, 0.3) is 5.91 Å². The Labute approximate surface area is 213 Å². The minimum atomic E-state index is -0.233. The van der Waals surface area contributed by atoms with Crippen molar-refractivity contribution in [1.29, 1.82) is 0 Å². The van der Waals surface area contributed by atoms with Gasteiger partial charge in [-0.2, -0.15) is 4.73 Å². The minimum Gasteiger partial charge on any atom is -0.413 e. The molecule has 1 N–H and O–H groups in total. The average molecular weight is 501 g/mol. The molecular weight excluding hydrogens is 464 g/mol. The normalized spacial score (nSPS) is 19.4. The molecule has 0 unspecified atom stereocenters. The Kier molecular flexibility index (Phi) is 7.77. The summed E-state index contributed by atoms with van der Waals surface area (Å²) < 4.78 is 1.70. The molecule has 0 radical (unpaired) electrons. The Bertz CT molecular complexity index is 1150. The predicted octanol–water partition coefficient (Wildman–Crippen LogP) is 3.73. The Morgan fingerprint density at radius 1 is 1.14 bits per heavy atom. The zero-order valence-electron chi connectivity index (χ0n) is 21.5. The molecule has 7 nitrogen and oxygen atoms in total. The van der Waals surface area contributed by atoms with Crippen LogP contribution in [0.3, 0.4) is 0 Å². The number of halogens is 1. The Balaban J connectivity index is 1.54. The summed E-state index contributed by atoms with van der Waals surface area (Å²) in [5.41, 5.74) is 4.54. The summed E-state index contributed by atoms with van der Waals surface area (Å²) in [7, 11) is 4.31. The van der Waals surface area contributed by atoms with Crippen LogP contribution in [0.1, 0.15) is 65.5 Å². The van der Waals surface area contributed by atoms with Gasteiger partial charge in [-0.25, -0.2) is 0 Å². The van der Waals surface area contributed by atoms with Crippen LogP contribution in [0.2, 0.25) is 5.02 Å². The number of amides is 1. The van der Waals surface area contributed by atoms with Crippen molar-refractivity contribution >= 4 is 23.2 Å². The fourth-order valence-electron chi connectivity index (χ4n) is 5.60. The molecule has 1 amide bonds. The Morgan fingerprint density at radius 3 is 2.49 bits per heavy atom. The van der Waals surface area contributed by atoms with Gasteiger partial charge in [0.1, 0.15) is 6.61 Å². The molecule has 1 aliphatic heterocycles. The highest BCUT2D eigenvalue weighted by Gasteiger charge is 2.28. The maximum atomic E-state index is 13.3. The van der Waals surface area contributed by atoms with Crippen molar-refractivity contribution in [3.8, 4) is 0 Å². The molecule has 1 aromatic heterocycles. The molecule has 4 rings (SSSR count). The van der Waals surface area contributed by atoms with E-state index in [9.17, 15) is 9.59 Å². The van der Waals surface area contributed by atoms with Gasteiger partial charge in [0, 0.05) is 59.5 Å². The molecule has 0 saturated heterocycles. The van der Waals surface area contributed by atoms with E-state index in [4.69, 9.17) is 16.4 Å². The second-order valence-electron chi connectivity index (χ2n) is 9.93. The number of anilines is 1. The third-order valence-corrected chi connectivity index (χ3v) is 7.90. The van der Waals surface area contributed by atoms with Crippen LogP contribution in [0.15, 0.2) is 23.0 Å². The molecule has 2 aliphatic rings. The van der Waals surface area contributed by atoms with Gasteiger partial charge in [-0.1, -0.05) is 11.6 Å². The number of benzene rings is 1. The van der Waals surface area contributed by atoms with Crippen LogP contribution in [0.4, 0.5) is 5.69 Å². The summed E-state index contributed by atoms with van der Waals surface area (Å²) in [6, 6.07) is 6.36. The summed E-state index contributed by atoms with van der Waals surface area (Å²) in [6.45, 7) is 7.54. The monoisotopic (exact) mass is 500 g/mol. The van der Waals surface area contributed by atoms with Crippen molar-refractivity contribution in [2.75, 3.05) is 32.1 Å². The lowest BCUT2D eigenvalue weighted by atomic mass is 9.89. The van der Waals surface area contributed by atoms with Gasteiger partial charge in [-0.05, 0) is 78.2 Å². The van der Waals surface area contributed by atoms with Crippen LogP contribution in [0.25, 0.3) is 0 Å². The first kappa shape index (κ1) is 25.6. The van der Waals surface area contributed by atoms with E-state index >= 15 is 0 Å². The van der Waals surface area contributed by atoms with Crippen LogP contribution in [-0.2, 0) is 13.0 Å². The van der Waals surface area contributed by atoms with E-state index in [-0.39, 0.29) is 17.9 Å². The smallest absolute Gasteiger partial charge is 0.251 e. The first-order valence-corrected chi connectivity index (χ1v) is 13.0. The van der Waals surface area contributed by atoms with E-state index in [0.717, 1.165) is 48.4 Å². The fourth-order valence-corrected chi connectivity index (χ4v) is 5.81. The number of rotatable bonds is 7. The van der Waals surface area contributed by atoms with Crippen molar-refractivity contribution < 1.29 is 9.63 Å². The molecule has 8 heteroatoms. The zero-order valence-corrected chi connectivity index (χ0v) is 22.2. The van der Waals surface area contributed by atoms with Gasteiger partial charge in [0.05, 0.1) is 11.4 Å². The minimum absolute atomic E-state index is 0.0754. The molecule has 0 bridgehead atoms. The number of carbonyl (C=O) groups is 1. The second kappa shape index (κ2) is 10.6. The van der Waals surface area contributed by atoms with E-state index in [0.29, 0.717) is 34.8 Å². The lowest BCUT2D eigenvalue weighted by molar-refractivity contribution is 0.0949. The van der Waals surface area contributed by atoms with Crippen molar-refractivity contribution in [3.05, 3.63) is 61.5 Å². The number of pyridine rings is 1. The molecule has 1 fully saturated rings. The maximum absolute atomic E-state index is 13.3. The van der Waals surface area contributed by atoms with Crippen LogP contribution in [0, 0.1) is 13.8 Å². The summed E-state index contributed by atoms with van der Waals surface area (Å²) in [5, 5.41) is 3.49. The first-order valence-electron chi connectivity index (χ1n) is 12.6. The summed E-state index contributed by atoms with van der Waals surface area (Å²) in [6.07, 6.45) is 5.29. The zero-order chi connectivity index (χ0) is 25.3. The lowest BCUT2D eigenvalue weighted by Crippen LogP contribution is -2.42. The third-order valence-electron chi connectivity index (χ3n) is 7.68. The fraction of sp³-hybridized carbons (Fsp3) is 0.556. The van der Waals surface area contributed by atoms with Gasteiger partial charge in [0.15, 0.2) is 5.43 Å². The standard InChI is InChI=1S/C27H37ClN4O3/c1-6-31(21-9-7-20(8-10-21)30(4)5)25-14-19(28)13-23(17(25)2)27(34)29-16-24-18(3)32-22(11-12-35-32)15-26(24)33/h13-15,20-21H,6-12,16H2,1-5H3,(H,29,34)/t20-,21-. The highest BCUT2D eigenvalue weighted by molar-refractivity contribution is 6.31. The molecular formula is C27H37ClN4O3. The molecule has 1 aliphatic carbocycles. The first-order chi connectivity index (χ1) is 16.7. The van der Waals surface area contributed by atoms with Gasteiger partial charge < -0.3 is 20.0 Å². The molecule has 1 saturated carbocycles. The largest absolute Gasteiger partial charge is 0.413 e. The van der Waals surface area contributed by atoms with E-state index in [1.54, 1.807) is 16.9 Å². The van der Waals surface area contributed by atoms with E-state index < -0.39 is 0 Å². The lowest BCUT2D eigenvalue weighted by Gasteiger charge is -2.40. The average Bonchev–Trinajstić information content (AvgIpc) is 3.30. The van der Waals surface area contributed by atoms with E-state index in [1.165, 1.54) is 12.8 Å². The number of carbonyl (C=O) groups excluding carboxylic acids is 1. The number of nitrogens with one attached hydrogen (secondary N) is 1. The topological polar surface area (TPSA) is 66.8 Å². The predicted molar refractivity (Wildman–Crippen MR) is 141 cm³/mol. The van der Waals surface area contributed by atoms with Crippen molar-refractivity contribution in [3.63, 3.8) is 0 Å². The molecule has 190 valence electrons. The number of nitrogens with zero attached hydrogens (tertiary/aromatic N) is 3. The highest BCUT2D eigenvalue weighted by Crippen LogP contribution is 2.34. The van der Waals surface area contributed by atoms with Gasteiger partial charge in [0.2, 0.25) is 0 Å². The molecule has 1 aromatic carbocycles. The second-order valence-corrected chi connectivity index (χ2v) is 10.4. The number of hydrogen-bond donors (Lipinski definition) is 1. The SMILES string of the molecule is CCN(c1cc(Cl)cc(C(=O)NCc2c(C)n3c(cc2=O)CCO3)c1C)[C@H]1CC[C@H](N(C)C)CC1.